The number of benzene rings is 1. The van der Waals surface area contributed by atoms with Gasteiger partial charge in [-0.25, -0.2) is 0 Å². The van der Waals surface area contributed by atoms with Gasteiger partial charge in [0.25, 0.3) is 0 Å². The van der Waals surface area contributed by atoms with E-state index in [1.807, 2.05) is 18.2 Å². The summed E-state index contributed by atoms with van der Waals surface area (Å²) >= 11 is 0. The Hall–Kier alpha value is -1.30. The Kier molecular flexibility index (Phi) is 6.06. The maximum absolute atomic E-state index is 10.6. The molecular formula is C17H28N2O3. The molecule has 1 aliphatic heterocycles. The first-order chi connectivity index (χ1) is 10.5. The van der Waals surface area contributed by atoms with Gasteiger partial charge in [0.2, 0.25) is 0 Å². The summed E-state index contributed by atoms with van der Waals surface area (Å²) in [4.78, 5) is 4.61. The highest BCUT2D eigenvalue weighted by Gasteiger charge is 2.24. The van der Waals surface area contributed by atoms with E-state index in [0.717, 1.165) is 37.2 Å². The third kappa shape index (κ3) is 4.12. The number of rotatable bonds is 6. The van der Waals surface area contributed by atoms with Crippen LogP contribution in [0.2, 0.25) is 0 Å². The first-order valence-electron chi connectivity index (χ1n) is 7.84. The minimum Gasteiger partial charge on any atom is -0.497 e. The molecule has 1 aromatic rings. The number of likely N-dealkylation sites (N-methyl/N-ethyl adjacent to an activating group) is 1. The SMILES string of the molecule is COc1ccc(OC)c(C(O)CN(C)C2CCN(C)CC2)c1. The lowest BCUT2D eigenvalue weighted by Gasteiger charge is -2.36. The molecule has 1 N–H and O–H groups in total. The number of methoxy groups -OCH3 is 2. The van der Waals surface area contributed by atoms with Crippen LogP contribution in [0.1, 0.15) is 24.5 Å². The highest BCUT2D eigenvalue weighted by atomic mass is 16.5. The molecule has 0 amide bonds. The summed E-state index contributed by atoms with van der Waals surface area (Å²) in [7, 11) is 7.50. The van der Waals surface area contributed by atoms with Crippen molar-refractivity contribution in [2.45, 2.75) is 25.0 Å². The van der Waals surface area contributed by atoms with Crippen molar-refractivity contribution < 1.29 is 14.6 Å². The number of piperidine rings is 1. The lowest BCUT2D eigenvalue weighted by molar-refractivity contribution is 0.0774. The van der Waals surface area contributed by atoms with Crippen molar-refractivity contribution in [3.8, 4) is 11.5 Å². The first-order valence-corrected chi connectivity index (χ1v) is 7.84. The predicted molar refractivity (Wildman–Crippen MR) is 87.7 cm³/mol. The van der Waals surface area contributed by atoms with Crippen LogP contribution in [0.4, 0.5) is 0 Å². The van der Waals surface area contributed by atoms with E-state index in [4.69, 9.17) is 9.47 Å². The second-order valence-corrected chi connectivity index (χ2v) is 6.10. The zero-order valence-electron chi connectivity index (χ0n) is 14.1. The van der Waals surface area contributed by atoms with E-state index >= 15 is 0 Å². The molecule has 124 valence electrons. The highest BCUT2D eigenvalue weighted by Crippen LogP contribution is 2.30. The Labute approximate surface area is 133 Å². The lowest BCUT2D eigenvalue weighted by atomic mass is 10.0. The fourth-order valence-corrected chi connectivity index (χ4v) is 3.06. The van der Waals surface area contributed by atoms with Crippen molar-refractivity contribution >= 4 is 0 Å². The summed E-state index contributed by atoms with van der Waals surface area (Å²) < 4.78 is 10.6. The molecule has 0 aliphatic carbocycles. The van der Waals surface area contributed by atoms with Gasteiger partial charge in [0.15, 0.2) is 0 Å². The monoisotopic (exact) mass is 308 g/mol. The second kappa shape index (κ2) is 7.81. The standard InChI is InChI=1S/C17H28N2O3/c1-18-9-7-13(8-10-18)19(2)12-16(20)15-11-14(21-3)5-6-17(15)22-4/h5-6,11,13,16,20H,7-10,12H2,1-4H3. The number of ether oxygens (including phenoxy) is 2. The van der Waals surface area contributed by atoms with Gasteiger partial charge in [-0.1, -0.05) is 0 Å². The van der Waals surface area contributed by atoms with Gasteiger partial charge < -0.3 is 24.4 Å². The van der Waals surface area contributed by atoms with Gasteiger partial charge in [-0.05, 0) is 58.2 Å². The van der Waals surface area contributed by atoms with Crippen molar-refractivity contribution in [1.29, 1.82) is 0 Å². The van der Waals surface area contributed by atoms with Gasteiger partial charge in [0.05, 0.1) is 20.3 Å². The maximum Gasteiger partial charge on any atom is 0.124 e. The first kappa shape index (κ1) is 17.1. The molecule has 1 aliphatic rings. The molecule has 0 saturated carbocycles. The molecular weight excluding hydrogens is 280 g/mol. The Bertz CT molecular complexity index is 473. The molecule has 1 saturated heterocycles. The molecule has 5 nitrogen and oxygen atoms in total. The highest BCUT2D eigenvalue weighted by molar-refractivity contribution is 5.41. The number of hydrogen-bond acceptors (Lipinski definition) is 5. The number of hydrogen-bond donors (Lipinski definition) is 1. The Morgan fingerprint density at radius 1 is 1.27 bits per heavy atom. The summed E-state index contributed by atoms with van der Waals surface area (Å²) in [6.45, 7) is 2.83. The molecule has 0 radical (unpaired) electrons. The molecule has 0 aromatic heterocycles. The average Bonchev–Trinajstić information content (AvgIpc) is 2.54. The maximum atomic E-state index is 10.6. The van der Waals surface area contributed by atoms with Crippen LogP contribution in [0.25, 0.3) is 0 Å². The topological polar surface area (TPSA) is 45.2 Å². The van der Waals surface area contributed by atoms with Gasteiger partial charge >= 0.3 is 0 Å². The largest absolute Gasteiger partial charge is 0.497 e. The van der Waals surface area contributed by atoms with Crippen molar-refractivity contribution in [3.05, 3.63) is 23.8 Å². The zero-order valence-corrected chi connectivity index (χ0v) is 14.1. The summed E-state index contributed by atoms with van der Waals surface area (Å²) in [6.07, 6.45) is 1.71. The van der Waals surface area contributed by atoms with E-state index < -0.39 is 6.10 Å². The second-order valence-electron chi connectivity index (χ2n) is 6.10. The van der Waals surface area contributed by atoms with Crippen LogP contribution in [0.5, 0.6) is 11.5 Å². The molecule has 5 heteroatoms. The minimum atomic E-state index is -0.588. The molecule has 1 unspecified atom stereocenters. The van der Waals surface area contributed by atoms with E-state index in [2.05, 4.69) is 23.9 Å². The average molecular weight is 308 g/mol. The van der Waals surface area contributed by atoms with E-state index in [1.54, 1.807) is 14.2 Å². The number of aliphatic hydroxyl groups excluding tert-OH is 1. The van der Waals surface area contributed by atoms with Crippen LogP contribution in [0, 0.1) is 0 Å². The molecule has 2 rings (SSSR count). The molecule has 1 atom stereocenters. The van der Waals surface area contributed by atoms with Gasteiger partial charge in [-0.3, -0.25) is 0 Å². The lowest BCUT2D eigenvalue weighted by Crippen LogP contribution is -2.43. The minimum absolute atomic E-state index is 0.530. The Morgan fingerprint density at radius 2 is 1.95 bits per heavy atom. The zero-order chi connectivity index (χ0) is 16.1. The molecule has 1 heterocycles. The molecule has 0 spiro atoms. The fraction of sp³-hybridized carbons (Fsp3) is 0.647. The van der Waals surface area contributed by atoms with Gasteiger partial charge in [0.1, 0.15) is 11.5 Å². The number of likely N-dealkylation sites (tertiary alicyclic amines) is 1. The molecule has 1 fully saturated rings. The smallest absolute Gasteiger partial charge is 0.124 e. The fourth-order valence-electron chi connectivity index (χ4n) is 3.06. The Balaban J connectivity index is 2.03. The third-order valence-corrected chi connectivity index (χ3v) is 4.57. The summed E-state index contributed by atoms with van der Waals surface area (Å²) in [6, 6.07) is 6.07. The van der Waals surface area contributed by atoms with E-state index in [0.29, 0.717) is 18.3 Å². The van der Waals surface area contributed by atoms with Crippen LogP contribution >= 0.6 is 0 Å². The predicted octanol–water partition coefficient (Wildman–Crippen LogP) is 1.76. The van der Waals surface area contributed by atoms with Crippen LogP contribution in [0.3, 0.4) is 0 Å². The third-order valence-electron chi connectivity index (χ3n) is 4.57. The van der Waals surface area contributed by atoms with Crippen LogP contribution in [-0.4, -0.2) is 68.9 Å². The van der Waals surface area contributed by atoms with Crippen LogP contribution in [-0.2, 0) is 0 Å². The normalized spacial score (nSPS) is 18.5. The van der Waals surface area contributed by atoms with Crippen LogP contribution < -0.4 is 9.47 Å². The molecule has 22 heavy (non-hydrogen) atoms. The summed E-state index contributed by atoms with van der Waals surface area (Å²) in [5.41, 5.74) is 0.779. The molecule has 0 bridgehead atoms. The van der Waals surface area contributed by atoms with Gasteiger partial charge in [-0.15, -0.1) is 0 Å². The van der Waals surface area contributed by atoms with Crippen molar-refractivity contribution in [2.75, 3.05) is 47.9 Å². The van der Waals surface area contributed by atoms with Crippen LogP contribution in [0.15, 0.2) is 18.2 Å². The van der Waals surface area contributed by atoms with E-state index in [1.165, 1.54) is 0 Å². The van der Waals surface area contributed by atoms with E-state index in [-0.39, 0.29) is 0 Å². The van der Waals surface area contributed by atoms with E-state index in [9.17, 15) is 5.11 Å². The quantitative estimate of drug-likeness (QED) is 0.868. The Morgan fingerprint density at radius 3 is 2.55 bits per heavy atom. The number of nitrogens with zero attached hydrogens (tertiary/aromatic N) is 2. The van der Waals surface area contributed by atoms with Crippen molar-refractivity contribution in [3.63, 3.8) is 0 Å². The van der Waals surface area contributed by atoms with Crippen molar-refractivity contribution in [1.82, 2.24) is 9.80 Å². The number of aliphatic hydroxyl groups is 1. The van der Waals surface area contributed by atoms with Crippen molar-refractivity contribution in [2.24, 2.45) is 0 Å². The molecule has 1 aromatic carbocycles. The van der Waals surface area contributed by atoms with Gasteiger partial charge in [0, 0.05) is 18.2 Å². The summed E-state index contributed by atoms with van der Waals surface area (Å²) in [5.74, 6) is 1.43. The van der Waals surface area contributed by atoms with Gasteiger partial charge in [-0.2, -0.15) is 0 Å². The summed E-state index contributed by atoms with van der Waals surface area (Å²) in [5, 5.41) is 10.6.